The van der Waals surface area contributed by atoms with E-state index in [1.54, 1.807) is 0 Å². The van der Waals surface area contributed by atoms with Crippen LogP contribution in [-0.4, -0.2) is 0 Å². The zero-order valence-electron chi connectivity index (χ0n) is 8.14. The molecule has 0 atom stereocenters. The maximum Gasteiger partial charge on any atom is -0.0158 e. The topological polar surface area (TPSA) is 0 Å². The number of allylic oxidation sites excluding steroid dienone is 6. The normalized spacial score (nSPS) is 12.8. The molecule has 0 aromatic heterocycles. The second-order valence-electron chi connectivity index (χ2n) is 2.72. The van der Waals surface area contributed by atoms with Crippen molar-refractivity contribution in [1.82, 2.24) is 0 Å². The molecule has 0 unspecified atom stereocenters. The number of hydrogen-bond donors (Lipinski definition) is 0. The zero-order valence-corrected chi connectivity index (χ0v) is 8.14. The molecule has 0 bridgehead atoms. The van der Waals surface area contributed by atoms with Crippen molar-refractivity contribution in [2.75, 3.05) is 0 Å². The molecule has 0 aliphatic heterocycles. The molecule has 0 aliphatic carbocycles. The molecule has 0 heteroatoms. The highest BCUT2D eigenvalue weighted by Gasteiger charge is 1.84. The summed E-state index contributed by atoms with van der Waals surface area (Å²) in [6, 6.07) is 0. The number of rotatable bonds is 5. The van der Waals surface area contributed by atoms with Gasteiger partial charge < -0.3 is 0 Å². The van der Waals surface area contributed by atoms with Crippen molar-refractivity contribution < 1.29 is 0 Å². The SMILES string of the molecule is C=CC(C)=CCC=C(C=C)CC. The Morgan fingerprint density at radius 3 is 2.25 bits per heavy atom. The quantitative estimate of drug-likeness (QED) is 0.535. The van der Waals surface area contributed by atoms with E-state index in [9.17, 15) is 0 Å². The fraction of sp³-hybridized carbons (Fsp3) is 0.333. The van der Waals surface area contributed by atoms with Crippen molar-refractivity contribution in [3.63, 3.8) is 0 Å². The smallest absolute Gasteiger partial charge is 0.0158 e. The van der Waals surface area contributed by atoms with Gasteiger partial charge in [-0.1, -0.05) is 55.5 Å². The van der Waals surface area contributed by atoms with E-state index in [0.29, 0.717) is 0 Å². The molecule has 0 rings (SSSR count). The third kappa shape index (κ3) is 4.73. The first-order chi connectivity index (χ1) is 5.74. The molecule has 0 aromatic rings. The summed E-state index contributed by atoms with van der Waals surface area (Å²) in [5.41, 5.74) is 2.54. The van der Waals surface area contributed by atoms with Crippen molar-refractivity contribution in [3.8, 4) is 0 Å². The standard InChI is InChI=1S/C12H18/c1-5-11(4)9-8-10-12(6-2)7-3/h5-6,9-10H,1-2,7-8H2,3-4H3. The fourth-order valence-corrected chi connectivity index (χ4v) is 0.852. The Morgan fingerprint density at radius 2 is 1.83 bits per heavy atom. The Balaban J connectivity index is 4.02. The van der Waals surface area contributed by atoms with E-state index in [2.05, 4.69) is 39.2 Å². The van der Waals surface area contributed by atoms with Crippen LogP contribution in [0.1, 0.15) is 26.7 Å². The van der Waals surface area contributed by atoms with E-state index < -0.39 is 0 Å². The molecule has 66 valence electrons. The molecule has 0 saturated heterocycles. The van der Waals surface area contributed by atoms with Gasteiger partial charge in [0.25, 0.3) is 0 Å². The van der Waals surface area contributed by atoms with Crippen LogP contribution in [-0.2, 0) is 0 Å². The van der Waals surface area contributed by atoms with Gasteiger partial charge in [-0.15, -0.1) is 0 Å². The highest BCUT2D eigenvalue weighted by Crippen LogP contribution is 2.04. The lowest BCUT2D eigenvalue weighted by molar-refractivity contribution is 1.12. The van der Waals surface area contributed by atoms with Crippen LogP contribution in [0.2, 0.25) is 0 Å². The van der Waals surface area contributed by atoms with Crippen LogP contribution in [0, 0.1) is 0 Å². The van der Waals surface area contributed by atoms with Crippen molar-refractivity contribution >= 4 is 0 Å². The summed E-state index contributed by atoms with van der Waals surface area (Å²) in [5.74, 6) is 0. The fourth-order valence-electron chi connectivity index (χ4n) is 0.852. The molecule has 0 N–H and O–H groups in total. The van der Waals surface area contributed by atoms with Gasteiger partial charge in [-0.25, -0.2) is 0 Å². The lowest BCUT2D eigenvalue weighted by Gasteiger charge is -1.94. The van der Waals surface area contributed by atoms with Gasteiger partial charge in [0.2, 0.25) is 0 Å². The molecule has 0 amide bonds. The first-order valence-electron chi connectivity index (χ1n) is 4.35. The Labute approximate surface area is 76.0 Å². The third-order valence-electron chi connectivity index (χ3n) is 1.81. The summed E-state index contributed by atoms with van der Waals surface area (Å²) >= 11 is 0. The molecule has 0 aliphatic rings. The van der Waals surface area contributed by atoms with Gasteiger partial charge >= 0.3 is 0 Å². The Bertz CT molecular complexity index is 204. The van der Waals surface area contributed by atoms with E-state index in [4.69, 9.17) is 0 Å². The summed E-state index contributed by atoms with van der Waals surface area (Å²) in [6.07, 6.45) is 10.2. The highest BCUT2D eigenvalue weighted by molar-refractivity contribution is 5.19. The van der Waals surface area contributed by atoms with Gasteiger partial charge in [0.1, 0.15) is 0 Å². The summed E-state index contributed by atoms with van der Waals surface area (Å²) in [6.45, 7) is 11.6. The van der Waals surface area contributed by atoms with Gasteiger partial charge in [0.05, 0.1) is 0 Å². The molecule has 12 heavy (non-hydrogen) atoms. The minimum Gasteiger partial charge on any atom is -0.0988 e. The second-order valence-corrected chi connectivity index (χ2v) is 2.72. The maximum absolute atomic E-state index is 3.74. The van der Waals surface area contributed by atoms with Gasteiger partial charge in [-0.05, 0) is 19.8 Å². The summed E-state index contributed by atoms with van der Waals surface area (Å²) in [5, 5.41) is 0. The van der Waals surface area contributed by atoms with Crippen LogP contribution in [0.3, 0.4) is 0 Å². The van der Waals surface area contributed by atoms with Crippen LogP contribution in [0.15, 0.2) is 48.6 Å². The minimum absolute atomic E-state index is 0.979. The van der Waals surface area contributed by atoms with Gasteiger partial charge in [0.15, 0.2) is 0 Å². The van der Waals surface area contributed by atoms with Crippen LogP contribution < -0.4 is 0 Å². The summed E-state index contributed by atoms with van der Waals surface area (Å²) in [4.78, 5) is 0. The summed E-state index contributed by atoms with van der Waals surface area (Å²) in [7, 11) is 0. The molecule has 0 radical (unpaired) electrons. The van der Waals surface area contributed by atoms with E-state index in [1.807, 2.05) is 12.2 Å². The van der Waals surface area contributed by atoms with Gasteiger partial charge in [-0.3, -0.25) is 0 Å². The molecule has 0 spiro atoms. The molecule has 0 fully saturated rings. The van der Waals surface area contributed by atoms with Crippen LogP contribution in [0.4, 0.5) is 0 Å². The maximum atomic E-state index is 3.74. The molecular weight excluding hydrogens is 144 g/mol. The zero-order chi connectivity index (χ0) is 9.40. The van der Waals surface area contributed by atoms with E-state index in [0.717, 1.165) is 12.8 Å². The summed E-state index contributed by atoms with van der Waals surface area (Å²) < 4.78 is 0. The largest absolute Gasteiger partial charge is 0.0988 e. The van der Waals surface area contributed by atoms with Gasteiger partial charge in [0, 0.05) is 0 Å². The Kier molecular flexibility index (Phi) is 6.08. The molecule has 0 nitrogen and oxygen atoms in total. The molecule has 0 heterocycles. The third-order valence-corrected chi connectivity index (χ3v) is 1.81. The van der Waals surface area contributed by atoms with Crippen molar-refractivity contribution in [2.45, 2.75) is 26.7 Å². The molecule has 0 saturated carbocycles. The Morgan fingerprint density at radius 1 is 1.17 bits per heavy atom. The van der Waals surface area contributed by atoms with Crippen LogP contribution in [0.25, 0.3) is 0 Å². The van der Waals surface area contributed by atoms with E-state index >= 15 is 0 Å². The minimum atomic E-state index is 0.979. The lowest BCUT2D eigenvalue weighted by atomic mass is 10.1. The first-order valence-corrected chi connectivity index (χ1v) is 4.35. The number of hydrogen-bond acceptors (Lipinski definition) is 0. The van der Waals surface area contributed by atoms with E-state index in [1.165, 1.54) is 11.1 Å². The lowest BCUT2D eigenvalue weighted by Crippen LogP contribution is -1.73. The second kappa shape index (κ2) is 6.66. The van der Waals surface area contributed by atoms with Crippen molar-refractivity contribution in [2.24, 2.45) is 0 Å². The average molecular weight is 162 g/mol. The predicted octanol–water partition coefficient (Wildman–Crippen LogP) is 4.03. The van der Waals surface area contributed by atoms with Gasteiger partial charge in [-0.2, -0.15) is 0 Å². The molecular formula is C12H18. The van der Waals surface area contributed by atoms with Crippen molar-refractivity contribution in [1.29, 1.82) is 0 Å². The monoisotopic (exact) mass is 162 g/mol. The van der Waals surface area contributed by atoms with Crippen LogP contribution in [0.5, 0.6) is 0 Å². The van der Waals surface area contributed by atoms with Crippen molar-refractivity contribution in [3.05, 3.63) is 48.6 Å². The molecule has 0 aromatic carbocycles. The first kappa shape index (κ1) is 11.0. The van der Waals surface area contributed by atoms with Crippen LogP contribution >= 0.6 is 0 Å². The van der Waals surface area contributed by atoms with E-state index in [-0.39, 0.29) is 0 Å². The average Bonchev–Trinajstić information content (AvgIpc) is 2.12. The predicted molar refractivity (Wildman–Crippen MR) is 57.1 cm³/mol. The Hall–Kier alpha value is -1.04. The highest BCUT2D eigenvalue weighted by atomic mass is 13.9.